The Morgan fingerprint density at radius 1 is 1.17 bits per heavy atom. The Bertz CT molecular complexity index is 664. The maximum Gasteiger partial charge on any atom is 0.319 e. The molecule has 0 aliphatic heterocycles. The lowest BCUT2D eigenvalue weighted by Crippen LogP contribution is -2.28. The van der Waals surface area contributed by atoms with Crippen molar-refractivity contribution in [2.45, 2.75) is 32.7 Å². The van der Waals surface area contributed by atoms with Gasteiger partial charge in [-0.2, -0.15) is 0 Å². The topological polar surface area (TPSA) is 63.2 Å². The fourth-order valence-corrected chi connectivity index (χ4v) is 2.12. The highest BCUT2D eigenvalue weighted by atomic mass is 16.5. The van der Waals surface area contributed by atoms with Crippen molar-refractivity contribution in [1.82, 2.24) is 10.3 Å². The van der Waals surface area contributed by atoms with E-state index in [2.05, 4.69) is 36.4 Å². The molecule has 2 N–H and O–H groups in total. The van der Waals surface area contributed by atoms with Gasteiger partial charge in [-0.1, -0.05) is 26.8 Å². The number of hydrogen-bond acceptors (Lipinski definition) is 3. The number of nitrogens with one attached hydrogen (secondary N) is 2. The average molecular weight is 313 g/mol. The highest BCUT2D eigenvalue weighted by Gasteiger charge is 2.16. The molecule has 0 bridgehead atoms. The second-order valence-corrected chi connectivity index (χ2v) is 6.33. The molecule has 2 amide bonds. The number of methoxy groups -OCH3 is 1. The van der Waals surface area contributed by atoms with E-state index in [1.165, 1.54) is 0 Å². The van der Waals surface area contributed by atoms with E-state index in [1.807, 2.05) is 30.3 Å². The predicted octanol–water partition coefficient (Wildman–Crippen LogP) is 3.71. The number of rotatable bonds is 4. The number of ether oxygens (including phenoxy) is 1. The zero-order valence-electron chi connectivity index (χ0n) is 14.0. The van der Waals surface area contributed by atoms with E-state index in [9.17, 15) is 4.79 Å². The summed E-state index contributed by atoms with van der Waals surface area (Å²) < 4.78 is 5.33. The lowest BCUT2D eigenvalue weighted by molar-refractivity contribution is 0.251. The lowest BCUT2D eigenvalue weighted by atomic mass is 9.87. The highest BCUT2D eigenvalue weighted by molar-refractivity contribution is 5.91. The van der Waals surface area contributed by atoms with Crippen molar-refractivity contribution in [3.05, 3.63) is 53.9 Å². The Morgan fingerprint density at radius 2 is 1.87 bits per heavy atom. The molecule has 23 heavy (non-hydrogen) atoms. The highest BCUT2D eigenvalue weighted by Crippen LogP contribution is 2.31. The molecule has 122 valence electrons. The lowest BCUT2D eigenvalue weighted by Gasteiger charge is -2.21. The van der Waals surface area contributed by atoms with Crippen molar-refractivity contribution in [3.63, 3.8) is 0 Å². The van der Waals surface area contributed by atoms with Gasteiger partial charge >= 0.3 is 6.03 Å². The minimum atomic E-state index is -0.272. The number of carbonyl (C=O) groups is 1. The summed E-state index contributed by atoms with van der Waals surface area (Å²) in [5.41, 5.74) is 2.77. The number of amides is 2. The smallest absolute Gasteiger partial charge is 0.319 e. The number of aromatic nitrogens is 1. The number of nitrogens with zero attached hydrogens (tertiary/aromatic N) is 1. The average Bonchev–Trinajstić information content (AvgIpc) is 2.53. The van der Waals surface area contributed by atoms with Crippen LogP contribution in [0.1, 0.15) is 31.9 Å². The van der Waals surface area contributed by atoms with Crippen LogP contribution in [0, 0.1) is 0 Å². The molecule has 2 aromatic rings. The molecular formula is C18H23N3O2. The van der Waals surface area contributed by atoms with Crippen molar-refractivity contribution < 1.29 is 9.53 Å². The van der Waals surface area contributed by atoms with Gasteiger partial charge in [0.05, 0.1) is 12.8 Å². The fraction of sp³-hybridized carbons (Fsp3) is 0.333. The molecule has 1 heterocycles. The van der Waals surface area contributed by atoms with Crippen LogP contribution in [-0.2, 0) is 12.0 Å². The number of hydrogen-bond donors (Lipinski definition) is 2. The summed E-state index contributed by atoms with van der Waals surface area (Å²) >= 11 is 0. The molecule has 0 aliphatic rings. The Balaban J connectivity index is 2.07. The second-order valence-electron chi connectivity index (χ2n) is 6.33. The van der Waals surface area contributed by atoms with Crippen LogP contribution in [0.2, 0.25) is 0 Å². The third-order valence-corrected chi connectivity index (χ3v) is 3.52. The molecule has 0 fully saturated rings. The van der Waals surface area contributed by atoms with Crippen LogP contribution >= 0.6 is 0 Å². The number of anilines is 1. The summed E-state index contributed by atoms with van der Waals surface area (Å²) in [5, 5.41) is 5.68. The first-order valence-corrected chi connectivity index (χ1v) is 7.52. The fourth-order valence-electron chi connectivity index (χ4n) is 2.12. The van der Waals surface area contributed by atoms with Crippen LogP contribution in [0.5, 0.6) is 5.75 Å². The number of urea groups is 1. The number of benzene rings is 1. The largest absolute Gasteiger partial charge is 0.495 e. The van der Waals surface area contributed by atoms with Crippen LogP contribution in [0.15, 0.2) is 42.7 Å². The van der Waals surface area contributed by atoms with Gasteiger partial charge in [0, 0.05) is 18.9 Å². The van der Waals surface area contributed by atoms with Crippen LogP contribution in [-0.4, -0.2) is 18.1 Å². The van der Waals surface area contributed by atoms with Gasteiger partial charge in [0.1, 0.15) is 5.75 Å². The van der Waals surface area contributed by atoms with Crippen molar-refractivity contribution in [1.29, 1.82) is 0 Å². The van der Waals surface area contributed by atoms with Gasteiger partial charge in [-0.05, 0) is 40.8 Å². The maximum absolute atomic E-state index is 12.1. The summed E-state index contributed by atoms with van der Waals surface area (Å²) in [6.45, 7) is 6.82. The molecule has 0 aliphatic carbocycles. The van der Waals surface area contributed by atoms with Crippen LogP contribution in [0.3, 0.4) is 0 Å². The Hall–Kier alpha value is -2.56. The van der Waals surface area contributed by atoms with Crippen LogP contribution < -0.4 is 15.4 Å². The van der Waals surface area contributed by atoms with Crippen molar-refractivity contribution in [2.75, 3.05) is 12.4 Å². The molecule has 1 aromatic carbocycles. The normalized spacial score (nSPS) is 11.0. The number of pyridine rings is 1. The molecule has 0 atom stereocenters. The predicted molar refractivity (Wildman–Crippen MR) is 91.8 cm³/mol. The first kappa shape index (κ1) is 16.8. The second kappa shape index (κ2) is 7.13. The Labute approximate surface area is 137 Å². The van der Waals surface area contributed by atoms with Gasteiger partial charge in [0.25, 0.3) is 0 Å². The molecule has 0 radical (unpaired) electrons. The molecular weight excluding hydrogens is 290 g/mol. The van der Waals surface area contributed by atoms with Gasteiger partial charge < -0.3 is 15.4 Å². The monoisotopic (exact) mass is 313 g/mol. The maximum atomic E-state index is 12.1. The van der Waals surface area contributed by atoms with Gasteiger partial charge in [0.15, 0.2) is 0 Å². The summed E-state index contributed by atoms with van der Waals surface area (Å²) in [7, 11) is 1.59. The van der Waals surface area contributed by atoms with Crippen LogP contribution in [0.25, 0.3) is 0 Å². The molecule has 0 saturated carbocycles. The summed E-state index contributed by atoms with van der Waals surface area (Å²) in [5.74, 6) is 0.636. The number of carbonyl (C=O) groups excluding carboxylic acids is 1. The molecule has 0 unspecified atom stereocenters. The molecule has 0 spiro atoms. The van der Waals surface area contributed by atoms with E-state index < -0.39 is 0 Å². The quantitative estimate of drug-likeness (QED) is 0.904. The van der Waals surface area contributed by atoms with E-state index >= 15 is 0 Å². The first-order chi connectivity index (χ1) is 10.9. The van der Waals surface area contributed by atoms with E-state index in [0.717, 1.165) is 11.1 Å². The molecule has 1 aromatic heterocycles. The van der Waals surface area contributed by atoms with Gasteiger partial charge in [0.2, 0.25) is 0 Å². The zero-order chi connectivity index (χ0) is 16.9. The summed E-state index contributed by atoms with van der Waals surface area (Å²) in [4.78, 5) is 16.1. The minimum absolute atomic E-state index is 0.00375. The third-order valence-electron chi connectivity index (χ3n) is 3.52. The Kier molecular flexibility index (Phi) is 5.21. The zero-order valence-corrected chi connectivity index (χ0v) is 14.0. The van der Waals surface area contributed by atoms with Gasteiger partial charge in [-0.25, -0.2) is 4.79 Å². The summed E-state index contributed by atoms with van der Waals surface area (Å²) in [6, 6.07) is 9.29. The van der Waals surface area contributed by atoms with Crippen molar-refractivity contribution in [3.8, 4) is 5.75 Å². The van der Waals surface area contributed by atoms with Gasteiger partial charge in [-0.15, -0.1) is 0 Å². The first-order valence-electron chi connectivity index (χ1n) is 7.52. The Morgan fingerprint density at radius 3 is 2.48 bits per heavy atom. The third kappa shape index (κ3) is 4.71. The van der Waals surface area contributed by atoms with E-state index in [-0.39, 0.29) is 11.4 Å². The van der Waals surface area contributed by atoms with Gasteiger partial charge in [-0.3, -0.25) is 4.98 Å². The van der Waals surface area contributed by atoms with E-state index in [1.54, 1.807) is 19.5 Å². The molecule has 5 nitrogen and oxygen atoms in total. The standard InChI is InChI=1S/C18H23N3O2/c1-18(2,3)14-5-6-16(23-4)15(11-14)21-17(22)20-12-13-7-9-19-10-8-13/h5-11H,12H2,1-4H3,(H2,20,21,22). The van der Waals surface area contributed by atoms with Crippen molar-refractivity contribution in [2.24, 2.45) is 0 Å². The SMILES string of the molecule is COc1ccc(C(C)(C)C)cc1NC(=O)NCc1ccncc1. The van der Waals surface area contributed by atoms with Crippen LogP contribution in [0.4, 0.5) is 10.5 Å². The minimum Gasteiger partial charge on any atom is -0.495 e. The molecule has 5 heteroatoms. The molecule has 2 rings (SSSR count). The van der Waals surface area contributed by atoms with E-state index in [0.29, 0.717) is 18.0 Å². The van der Waals surface area contributed by atoms with E-state index in [4.69, 9.17) is 4.74 Å². The molecule has 0 saturated heterocycles. The van der Waals surface area contributed by atoms with Crippen molar-refractivity contribution >= 4 is 11.7 Å². The summed E-state index contributed by atoms with van der Waals surface area (Å²) in [6.07, 6.45) is 3.40.